The van der Waals surface area contributed by atoms with Crippen LogP contribution in [0, 0.1) is 23.2 Å². The molecule has 1 heterocycles. The van der Waals surface area contributed by atoms with Crippen molar-refractivity contribution in [3.8, 4) is 73.6 Å². The van der Waals surface area contributed by atoms with E-state index in [2.05, 4.69) is 142 Å². The summed E-state index contributed by atoms with van der Waals surface area (Å²) in [6, 6.07) is 51.7. The molecule has 4 nitrogen and oxygen atoms in total. The molecule has 278 valence electrons. The van der Waals surface area contributed by atoms with Gasteiger partial charge in [0.15, 0.2) is 17.5 Å². The Bertz CT molecular complexity index is 2700. The first-order valence-electron chi connectivity index (χ1n) is 20.6. The molecule has 2 bridgehead atoms. The van der Waals surface area contributed by atoms with Crippen LogP contribution in [0.4, 0.5) is 0 Å². The summed E-state index contributed by atoms with van der Waals surface area (Å²) < 4.78 is 0. The van der Waals surface area contributed by atoms with E-state index in [0.29, 0.717) is 23.0 Å². The van der Waals surface area contributed by atoms with Crippen LogP contribution in [0.2, 0.25) is 0 Å². The van der Waals surface area contributed by atoms with Crippen LogP contribution in [0.15, 0.2) is 140 Å². The fraction of sp³-hybridized carbons (Fsp3) is 0.245. The van der Waals surface area contributed by atoms with Gasteiger partial charge in [-0.3, -0.25) is 0 Å². The van der Waals surface area contributed by atoms with Gasteiger partial charge < -0.3 is 0 Å². The monoisotopic (exact) mass is 738 g/mol. The Morgan fingerprint density at radius 3 is 1.98 bits per heavy atom. The molecule has 57 heavy (non-hydrogen) atoms. The first-order chi connectivity index (χ1) is 27.8. The van der Waals surface area contributed by atoms with Gasteiger partial charge in [0, 0.05) is 22.1 Å². The molecule has 2 fully saturated rings. The molecule has 4 heteroatoms. The number of hydrogen-bond donors (Lipinski definition) is 0. The Hall–Kier alpha value is -6.18. The predicted octanol–water partition coefficient (Wildman–Crippen LogP) is 13.2. The second-order valence-corrected chi connectivity index (χ2v) is 17.4. The van der Waals surface area contributed by atoms with Gasteiger partial charge in [-0.25, -0.2) is 15.0 Å². The second kappa shape index (κ2) is 13.8. The van der Waals surface area contributed by atoms with Crippen LogP contribution in [0.25, 0.3) is 67.5 Å². The number of benzene rings is 6. The SMILES string of the molecule is C[C@@H]1C[C@@H]2CCCC(c3ccc(-c4nc(-c5ccc(-c6cccc(C#N)c6)c(-c6ccccc6)c5)nc(-c5ccc6c(c5)C(C)(C)c5ccccc5-6)n4)cc3)(C1)C2. The van der Waals surface area contributed by atoms with E-state index < -0.39 is 0 Å². The van der Waals surface area contributed by atoms with E-state index in [0.717, 1.165) is 50.8 Å². The van der Waals surface area contributed by atoms with Crippen LogP contribution in [0.1, 0.15) is 81.5 Å². The van der Waals surface area contributed by atoms with Crippen molar-refractivity contribution in [3.05, 3.63) is 162 Å². The van der Waals surface area contributed by atoms with E-state index in [1.54, 1.807) is 0 Å². The highest BCUT2D eigenvalue weighted by Gasteiger charge is 2.43. The lowest BCUT2D eigenvalue weighted by Gasteiger charge is -2.48. The molecule has 6 aromatic carbocycles. The molecule has 3 aliphatic rings. The average Bonchev–Trinajstić information content (AvgIpc) is 3.48. The lowest BCUT2D eigenvalue weighted by Crippen LogP contribution is -2.39. The highest BCUT2D eigenvalue weighted by Crippen LogP contribution is 2.53. The zero-order valence-corrected chi connectivity index (χ0v) is 33.0. The Morgan fingerprint density at radius 1 is 0.561 bits per heavy atom. The van der Waals surface area contributed by atoms with Crippen LogP contribution in [0.5, 0.6) is 0 Å². The van der Waals surface area contributed by atoms with Gasteiger partial charge in [-0.2, -0.15) is 5.26 Å². The first kappa shape index (κ1) is 35.2. The predicted molar refractivity (Wildman–Crippen MR) is 231 cm³/mol. The molecular formula is C53H46N4. The van der Waals surface area contributed by atoms with E-state index in [1.807, 2.05) is 24.3 Å². The summed E-state index contributed by atoms with van der Waals surface area (Å²) in [5.41, 5.74) is 14.5. The van der Waals surface area contributed by atoms with Gasteiger partial charge in [0.1, 0.15) is 0 Å². The minimum atomic E-state index is -0.145. The summed E-state index contributed by atoms with van der Waals surface area (Å²) in [5, 5.41) is 9.71. The highest BCUT2D eigenvalue weighted by atomic mass is 15.0. The standard InChI is InChI=1S/C53H46N4/c1-34-27-35-12-10-26-53(31-34,32-35)42-22-18-38(19-23-42)49-55-50(57-51(56-49)41-21-25-45-44-16-7-8-17-47(44)52(2,3)48(45)30-41)40-20-24-43(39-15-9-11-36(28-39)33-54)46(29-40)37-13-5-4-6-14-37/h4-9,11,13-25,28-30,34-35H,10,12,26-27,31-32H2,1-3H3/t34-,35+,53?/m1/s1. The summed E-state index contributed by atoms with van der Waals surface area (Å²) in [7, 11) is 0. The van der Waals surface area contributed by atoms with Gasteiger partial charge in [-0.05, 0) is 117 Å². The third-order valence-corrected chi connectivity index (χ3v) is 13.3. The summed E-state index contributed by atoms with van der Waals surface area (Å²) in [4.78, 5) is 15.8. The number of nitriles is 1. The molecule has 1 unspecified atom stereocenters. The molecule has 0 aliphatic heterocycles. The van der Waals surface area contributed by atoms with Crippen LogP contribution < -0.4 is 0 Å². The average molecular weight is 739 g/mol. The maximum Gasteiger partial charge on any atom is 0.164 e. The van der Waals surface area contributed by atoms with E-state index in [1.165, 1.54) is 66.3 Å². The molecule has 0 spiro atoms. The van der Waals surface area contributed by atoms with Crippen LogP contribution in [-0.4, -0.2) is 15.0 Å². The van der Waals surface area contributed by atoms with Crippen molar-refractivity contribution in [2.45, 2.75) is 70.1 Å². The minimum absolute atomic E-state index is 0.145. The van der Waals surface area contributed by atoms with Crippen molar-refractivity contribution in [1.82, 2.24) is 15.0 Å². The third-order valence-electron chi connectivity index (χ3n) is 13.3. The minimum Gasteiger partial charge on any atom is -0.208 e. The van der Waals surface area contributed by atoms with Gasteiger partial charge in [-0.1, -0.05) is 149 Å². The number of hydrogen-bond acceptors (Lipinski definition) is 4. The Morgan fingerprint density at radius 2 is 1.21 bits per heavy atom. The molecule has 0 saturated heterocycles. The fourth-order valence-corrected chi connectivity index (χ4v) is 10.7. The van der Waals surface area contributed by atoms with Crippen molar-refractivity contribution >= 4 is 0 Å². The highest BCUT2D eigenvalue weighted by molar-refractivity contribution is 5.87. The molecule has 0 N–H and O–H groups in total. The maximum atomic E-state index is 9.71. The Balaban J connectivity index is 1.12. The van der Waals surface area contributed by atoms with Crippen LogP contribution in [-0.2, 0) is 10.8 Å². The maximum absolute atomic E-state index is 9.71. The fourth-order valence-electron chi connectivity index (χ4n) is 10.7. The number of rotatable bonds is 6. The van der Waals surface area contributed by atoms with Crippen molar-refractivity contribution in [1.29, 1.82) is 5.26 Å². The van der Waals surface area contributed by atoms with Gasteiger partial charge >= 0.3 is 0 Å². The first-order valence-corrected chi connectivity index (χ1v) is 20.6. The zero-order valence-electron chi connectivity index (χ0n) is 33.0. The van der Waals surface area contributed by atoms with Gasteiger partial charge in [0.2, 0.25) is 0 Å². The summed E-state index contributed by atoms with van der Waals surface area (Å²) in [5.74, 6) is 3.59. The lowest BCUT2D eigenvalue weighted by molar-refractivity contribution is 0.110. The van der Waals surface area contributed by atoms with Gasteiger partial charge in [0.05, 0.1) is 11.6 Å². The van der Waals surface area contributed by atoms with Gasteiger partial charge in [-0.15, -0.1) is 0 Å². The molecule has 7 aromatic rings. The number of fused-ring (bicyclic) bond motifs is 5. The van der Waals surface area contributed by atoms with E-state index >= 15 is 0 Å². The molecular weight excluding hydrogens is 693 g/mol. The molecule has 3 atom stereocenters. The van der Waals surface area contributed by atoms with Crippen LogP contribution in [0.3, 0.4) is 0 Å². The van der Waals surface area contributed by atoms with Crippen molar-refractivity contribution in [2.24, 2.45) is 11.8 Å². The molecule has 2 saturated carbocycles. The topological polar surface area (TPSA) is 62.5 Å². The lowest BCUT2D eigenvalue weighted by atomic mass is 9.57. The zero-order chi connectivity index (χ0) is 38.7. The summed E-state index contributed by atoms with van der Waals surface area (Å²) >= 11 is 0. The summed E-state index contributed by atoms with van der Waals surface area (Å²) in [6.45, 7) is 7.08. The van der Waals surface area contributed by atoms with Crippen molar-refractivity contribution < 1.29 is 0 Å². The quantitative estimate of drug-likeness (QED) is 0.170. The number of aromatic nitrogens is 3. The van der Waals surface area contributed by atoms with Crippen LogP contribution >= 0.6 is 0 Å². The van der Waals surface area contributed by atoms with E-state index in [-0.39, 0.29) is 10.8 Å². The van der Waals surface area contributed by atoms with Crippen molar-refractivity contribution in [3.63, 3.8) is 0 Å². The number of nitrogens with zero attached hydrogens (tertiary/aromatic N) is 4. The molecule has 10 rings (SSSR count). The molecule has 0 radical (unpaired) electrons. The smallest absolute Gasteiger partial charge is 0.164 e. The molecule has 1 aromatic heterocycles. The molecule has 3 aliphatic carbocycles. The van der Waals surface area contributed by atoms with Crippen molar-refractivity contribution in [2.75, 3.05) is 0 Å². The summed E-state index contributed by atoms with van der Waals surface area (Å²) in [6.07, 6.45) is 7.97. The third kappa shape index (κ3) is 6.18. The van der Waals surface area contributed by atoms with E-state index in [9.17, 15) is 5.26 Å². The second-order valence-electron chi connectivity index (χ2n) is 17.4. The molecule has 0 amide bonds. The largest absolute Gasteiger partial charge is 0.208 e. The normalized spacial score (nSPS) is 20.3. The van der Waals surface area contributed by atoms with Gasteiger partial charge in [0.25, 0.3) is 0 Å². The Labute approximate surface area is 336 Å². The van der Waals surface area contributed by atoms with E-state index in [4.69, 9.17) is 15.0 Å². The Kier molecular flexibility index (Phi) is 8.52.